The SMILES string of the molecule is CC(C)(C)OC(=O)N1CCC(NC=O)CC1.O=C1N2CCCC(C2)N1OCc1ccccc1. The van der Waals surface area contributed by atoms with Crippen LogP contribution in [0.4, 0.5) is 9.59 Å². The smallest absolute Gasteiger partial charge is 0.410 e. The van der Waals surface area contributed by atoms with Gasteiger partial charge >= 0.3 is 12.1 Å². The maximum Gasteiger partial charge on any atom is 0.410 e. The number of hydrogen-bond acceptors (Lipinski definition) is 5. The van der Waals surface area contributed by atoms with E-state index in [1.807, 2.05) is 56.0 Å². The minimum Gasteiger partial charge on any atom is -0.444 e. The average molecular weight is 461 g/mol. The van der Waals surface area contributed by atoms with Gasteiger partial charge in [-0.15, -0.1) is 0 Å². The molecule has 0 saturated carbocycles. The fourth-order valence-electron chi connectivity index (χ4n) is 4.15. The Morgan fingerprint density at radius 3 is 2.42 bits per heavy atom. The van der Waals surface area contributed by atoms with Crippen molar-refractivity contribution in [3.8, 4) is 0 Å². The van der Waals surface area contributed by atoms with Crippen LogP contribution in [0.15, 0.2) is 30.3 Å². The summed E-state index contributed by atoms with van der Waals surface area (Å²) in [5.41, 5.74) is 0.645. The quantitative estimate of drug-likeness (QED) is 0.682. The van der Waals surface area contributed by atoms with Gasteiger partial charge in [-0.1, -0.05) is 30.3 Å². The Morgan fingerprint density at radius 2 is 1.82 bits per heavy atom. The number of benzene rings is 1. The van der Waals surface area contributed by atoms with Gasteiger partial charge in [0, 0.05) is 32.2 Å². The summed E-state index contributed by atoms with van der Waals surface area (Å²) in [6.07, 6.45) is 4.17. The van der Waals surface area contributed by atoms with Crippen LogP contribution < -0.4 is 5.32 Å². The minimum atomic E-state index is -0.449. The molecule has 2 bridgehead atoms. The minimum absolute atomic E-state index is 0.0310. The van der Waals surface area contributed by atoms with Gasteiger partial charge in [0.2, 0.25) is 6.41 Å². The van der Waals surface area contributed by atoms with Crippen molar-refractivity contribution in [3.05, 3.63) is 35.9 Å². The topological polar surface area (TPSA) is 91.4 Å². The lowest BCUT2D eigenvalue weighted by Crippen LogP contribution is -2.46. The third kappa shape index (κ3) is 7.35. The van der Waals surface area contributed by atoms with E-state index in [2.05, 4.69) is 5.32 Å². The number of ether oxygens (including phenoxy) is 1. The Morgan fingerprint density at radius 1 is 1.12 bits per heavy atom. The number of hydrogen-bond donors (Lipinski definition) is 1. The summed E-state index contributed by atoms with van der Waals surface area (Å²) >= 11 is 0. The number of carbonyl (C=O) groups is 3. The molecule has 0 aliphatic carbocycles. The molecule has 3 aliphatic heterocycles. The van der Waals surface area contributed by atoms with Crippen LogP contribution >= 0.6 is 0 Å². The van der Waals surface area contributed by atoms with Crippen molar-refractivity contribution in [2.24, 2.45) is 0 Å². The summed E-state index contributed by atoms with van der Waals surface area (Å²) in [4.78, 5) is 43.1. The standard InChI is InChI=1S/C13H16N2O2.C11H20N2O3/c16-13-14-8-4-7-12(9-14)15(13)17-10-11-5-2-1-3-6-11;1-11(2,3)16-10(15)13-6-4-9(5-7-13)12-8-14/h1-3,5-6,12H,4,7-10H2;8-9H,4-7H2,1-3H3,(H,12,14). The molecule has 4 amide bonds. The van der Waals surface area contributed by atoms with E-state index in [1.165, 1.54) is 0 Å². The zero-order valence-corrected chi connectivity index (χ0v) is 19.9. The Bertz CT molecular complexity index is 790. The molecule has 1 N–H and O–H groups in total. The highest BCUT2D eigenvalue weighted by Gasteiger charge is 2.40. The van der Waals surface area contributed by atoms with E-state index in [0.717, 1.165) is 44.3 Å². The predicted molar refractivity (Wildman–Crippen MR) is 123 cm³/mol. The fourth-order valence-corrected chi connectivity index (χ4v) is 4.15. The first-order valence-corrected chi connectivity index (χ1v) is 11.7. The Kier molecular flexibility index (Phi) is 8.55. The normalized spacial score (nSPS) is 20.8. The molecule has 9 nitrogen and oxygen atoms in total. The molecule has 3 saturated heterocycles. The first-order valence-electron chi connectivity index (χ1n) is 11.7. The van der Waals surface area contributed by atoms with Gasteiger partial charge in [0.05, 0.1) is 6.04 Å². The lowest BCUT2D eigenvalue weighted by molar-refractivity contribution is -0.140. The van der Waals surface area contributed by atoms with Gasteiger partial charge < -0.3 is 19.9 Å². The predicted octanol–water partition coefficient (Wildman–Crippen LogP) is 3.15. The van der Waals surface area contributed by atoms with Gasteiger partial charge in [0.15, 0.2) is 0 Å². The van der Waals surface area contributed by atoms with Crippen molar-refractivity contribution in [2.75, 3.05) is 26.2 Å². The number of nitrogens with one attached hydrogen (secondary N) is 1. The van der Waals surface area contributed by atoms with Gasteiger partial charge in [-0.3, -0.25) is 9.63 Å². The highest BCUT2D eigenvalue weighted by atomic mass is 16.7. The molecule has 0 aromatic heterocycles. The molecule has 1 aromatic carbocycles. The zero-order chi connectivity index (χ0) is 23.8. The van der Waals surface area contributed by atoms with E-state index in [4.69, 9.17) is 9.57 Å². The van der Waals surface area contributed by atoms with Crippen molar-refractivity contribution in [1.82, 2.24) is 20.2 Å². The molecule has 33 heavy (non-hydrogen) atoms. The lowest BCUT2D eigenvalue weighted by Gasteiger charge is -2.33. The number of carbonyl (C=O) groups excluding carboxylic acids is 3. The number of piperidine rings is 2. The highest BCUT2D eigenvalue weighted by Crippen LogP contribution is 2.26. The summed E-state index contributed by atoms with van der Waals surface area (Å²) in [5.74, 6) is 0. The molecule has 1 aromatic rings. The third-order valence-electron chi connectivity index (χ3n) is 5.85. The van der Waals surface area contributed by atoms with Crippen molar-refractivity contribution in [3.63, 3.8) is 0 Å². The van der Waals surface area contributed by atoms with Gasteiger partial charge in [0.25, 0.3) is 0 Å². The highest BCUT2D eigenvalue weighted by molar-refractivity contribution is 5.76. The van der Waals surface area contributed by atoms with E-state index in [1.54, 1.807) is 9.96 Å². The molecule has 9 heteroatoms. The number of fused-ring (bicyclic) bond motifs is 2. The molecule has 3 fully saturated rings. The van der Waals surface area contributed by atoms with Crippen molar-refractivity contribution in [1.29, 1.82) is 0 Å². The van der Waals surface area contributed by atoms with Crippen LogP contribution in [0.2, 0.25) is 0 Å². The van der Waals surface area contributed by atoms with Gasteiger partial charge in [0.1, 0.15) is 12.2 Å². The van der Waals surface area contributed by atoms with Crippen LogP contribution in [0.25, 0.3) is 0 Å². The molecular weight excluding hydrogens is 424 g/mol. The second-order valence-electron chi connectivity index (χ2n) is 9.64. The second kappa shape index (κ2) is 11.4. The van der Waals surface area contributed by atoms with Crippen LogP contribution in [-0.2, 0) is 21.0 Å². The molecule has 0 radical (unpaired) electrons. The Hall–Kier alpha value is -2.81. The molecular formula is C24H36N4O5. The van der Waals surface area contributed by atoms with E-state index in [-0.39, 0.29) is 24.2 Å². The maximum atomic E-state index is 11.9. The maximum absolute atomic E-state index is 11.9. The lowest BCUT2D eigenvalue weighted by atomic mass is 10.1. The van der Waals surface area contributed by atoms with Crippen molar-refractivity contribution in [2.45, 2.75) is 70.7 Å². The van der Waals surface area contributed by atoms with Crippen molar-refractivity contribution >= 4 is 18.5 Å². The van der Waals surface area contributed by atoms with Crippen LogP contribution in [-0.4, -0.2) is 77.3 Å². The number of hydroxylamine groups is 2. The molecule has 0 spiro atoms. The van der Waals surface area contributed by atoms with E-state index >= 15 is 0 Å². The van der Waals surface area contributed by atoms with Crippen LogP contribution in [0.1, 0.15) is 52.0 Å². The summed E-state index contributed by atoms with van der Waals surface area (Å²) in [5, 5.41) is 4.30. The van der Waals surface area contributed by atoms with E-state index in [9.17, 15) is 14.4 Å². The van der Waals surface area contributed by atoms with Gasteiger partial charge in [-0.05, 0) is 52.0 Å². The summed E-state index contributed by atoms with van der Waals surface area (Å²) in [6, 6.07) is 10.4. The Balaban J connectivity index is 0.000000186. The molecule has 3 aliphatic rings. The number of likely N-dealkylation sites (tertiary alicyclic amines) is 1. The number of nitrogens with zero attached hydrogens (tertiary/aromatic N) is 3. The van der Waals surface area contributed by atoms with E-state index in [0.29, 0.717) is 26.1 Å². The fraction of sp³-hybridized carbons (Fsp3) is 0.625. The van der Waals surface area contributed by atoms with Crippen LogP contribution in [0.5, 0.6) is 0 Å². The largest absolute Gasteiger partial charge is 0.444 e. The summed E-state index contributed by atoms with van der Waals surface area (Å²) in [7, 11) is 0. The van der Waals surface area contributed by atoms with E-state index < -0.39 is 5.60 Å². The van der Waals surface area contributed by atoms with Gasteiger partial charge in [-0.2, -0.15) is 5.06 Å². The molecule has 1 atom stereocenters. The van der Waals surface area contributed by atoms with Crippen molar-refractivity contribution < 1.29 is 24.0 Å². The number of rotatable bonds is 5. The Labute approximate surface area is 195 Å². The average Bonchev–Trinajstić information content (AvgIpc) is 3.00. The molecule has 1 unspecified atom stereocenters. The molecule has 4 rings (SSSR count). The number of amides is 4. The first-order chi connectivity index (χ1) is 15.8. The van der Waals surface area contributed by atoms with Crippen LogP contribution in [0.3, 0.4) is 0 Å². The third-order valence-corrected chi connectivity index (χ3v) is 5.85. The van der Waals surface area contributed by atoms with Gasteiger partial charge in [-0.25, -0.2) is 9.59 Å². The second-order valence-corrected chi connectivity index (χ2v) is 9.64. The molecule has 3 heterocycles. The first kappa shape index (κ1) is 24.8. The summed E-state index contributed by atoms with van der Waals surface area (Å²) < 4.78 is 5.27. The monoisotopic (exact) mass is 460 g/mol. The van der Waals surface area contributed by atoms with Crippen LogP contribution in [0, 0.1) is 0 Å². The molecule has 182 valence electrons. The summed E-state index contributed by atoms with van der Waals surface area (Å²) in [6.45, 7) is 9.01. The zero-order valence-electron chi connectivity index (χ0n) is 19.9. The number of urea groups is 1.